The molecule has 0 atom stereocenters. The summed E-state index contributed by atoms with van der Waals surface area (Å²) in [6.07, 6.45) is 3.05. The first-order valence-corrected chi connectivity index (χ1v) is 7.10. The number of aliphatic carboxylic acids is 1. The largest absolute Gasteiger partial charge is 0.481 e. The molecule has 0 bridgehead atoms. The van der Waals surface area contributed by atoms with E-state index in [0.29, 0.717) is 23.4 Å². The SMILES string of the molecule is Cc1ccc(Cl)cc1C(=O)NCC1(C(=O)O)CCCC1. The van der Waals surface area contributed by atoms with Gasteiger partial charge in [-0.3, -0.25) is 9.59 Å². The van der Waals surface area contributed by atoms with Crippen LogP contribution in [-0.4, -0.2) is 23.5 Å². The molecule has 0 aliphatic heterocycles. The Morgan fingerprint density at radius 3 is 2.60 bits per heavy atom. The van der Waals surface area contributed by atoms with Crippen LogP contribution >= 0.6 is 11.6 Å². The molecular formula is C15H18ClNO3. The monoisotopic (exact) mass is 295 g/mol. The topological polar surface area (TPSA) is 66.4 Å². The van der Waals surface area contributed by atoms with Crippen molar-refractivity contribution in [1.29, 1.82) is 0 Å². The second-order valence-electron chi connectivity index (χ2n) is 5.43. The molecule has 1 aromatic carbocycles. The van der Waals surface area contributed by atoms with Gasteiger partial charge in [0.05, 0.1) is 5.41 Å². The quantitative estimate of drug-likeness (QED) is 0.897. The van der Waals surface area contributed by atoms with Gasteiger partial charge in [-0.1, -0.05) is 30.5 Å². The van der Waals surface area contributed by atoms with Crippen molar-refractivity contribution in [3.8, 4) is 0 Å². The lowest BCUT2D eigenvalue weighted by Gasteiger charge is -2.24. The van der Waals surface area contributed by atoms with Crippen molar-refractivity contribution in [3.05, 3.63) is 34.3 Å². The molecule has 0 aromatic heterocycles. The molecular weight excluding hydrogens is 278 g/mol. The Labute approximate surface area is 123 Å². The number of carboxylic acids is 1. The summed E-state index contributed by atoms with van der Waals surface area (Å²) in [6.45, 7) is 2.00. The van der Waals surface area contributed by atoms with Gasteiger partial charge >= 0.3 is 5.97 Å². The van der Waals surface area contributed by atoms with Crippen LogP contribution in [0.25, 0.3) is 0 Å². The summed E-state index contributed by atoms with van der Waals surface area (Å²) < 4.78 is 0. The van der Waals surface area contributed by atoms with Crippen LogP contribution in [0.5, 0.6) is 0 Å². The van der Waals surface area contributed by atoms with Crippen LogP contribution in [0.1, 0.15) is 41.6 Å². The summed E-state index contributed by atoms with van der Waals surface area (Å²) in [4.78, 5) is 23.6. The van der Waals surface area contributed by atoms with Gasteiger partial charge in [0, 0.05) is 17.1 Å². The maximum Gasteiger partial charge on any atom is 0.311 e. The Bertz CT molecular complexity index is 536. The number of aryl methyl sites for hydroxylation is 1. The van der Waals surface area contributed by atoms with Gasteiger partial charge in [-0.25, -0.2) is 0 Å². The van der Waals surface area contributed by atoms with E-state index >= 15 is 0 Å². The highest BCUT2D eigenvalue weighted by atomic mass is 35.5. The summed E-state index contributed by atoms with van der Waals surface area (Å²) in [5.74, 6) is -1.09. The molecule has 0 heterocycles. The van der Waals surface area contributed by atoms with Crippen molar-refractivity contribution >= 4 is 23.5 Å². The number of benzene rings is 1. The molecule has 1 aliphatic rings. The first kappa shape index (κ1) is 14.9. The molecule has 0 saturated heterocycles. The van der Waals surface area contributed by atoms with Gasteiger partial charge < -0.3 is 10.4 Å². The van der Waals surface area contributed by atoms with Crippen LogP contribution in [0.15, 0.2) is 18.2 Å². The average molecular weight is 296 g/mol. The molecule has 2 rings (SSSR count). The molecule has 20 heavy (non-hydrogen) atoms. The van der Waals surface area contributed by atoms with Crippen LogP contribution in [0.2, 0.25) is 5.02 Å². The number of hydrogen-bond acceptors (Lipinski definition) is 2. The number of nitrogens with one attached hydrogen (secondary N) is 1. The van der Waals surface area contributed by atoms with Crippen molar-refractivity contribution in [1.82, 2.24) is 5.32 Å². The first-order valence-electron chi connectivity index (χ1n) is 6.72. The van der Waals surface area contributed by atoms with Crippen molar-refractivity contribution in [2.45, 2.75) is 32.6 Å². The van der Waals surface area contributed by atoms with Crippen molar-refractivity contribution in [2.24, 2.45) is 5.41 Å². The molecule has 1 aliphatic carbocycles. The van der Waals surface area contributed by atoms with Gasteiger partial charge in [0.1, 0.15) is 0 Å². The van der Waals surface area contributed by atoms with E-state index in [2.05, 4.69) is 5.32 Å². The average Bonchev–Trinajstić information content (AvgIpc) is 2.89. The van der Waals surface area contributed by atoms with Gasteiger partial charge in [-0.2, -0.15) is 0 Å². The molecule has 1 aromatic rings. The summed E-state index contributed by atoms with van der Waals surface area (Å²) in [5, 5.41) is 12.6. The number of carbonyl (C=O) groups is 2. The maximum atomic E-state index is 12.2. The number of carbonyl (C=O) groups excluding carboxylic acids is 1. The lowest BCUT2D eigenvalue weighted by molar-refractivity contribution is -0.148. The van der Waals surface area contributed by atoms with Crippen LogP contribution in [0.4, 0.5) is 0 Å². The minimum absolute atomic E-state index is 0.174. The third-order valence-corrected chi connectivity index (χ3v) is 4.28. The maximum absolute atomic E-state index is 12.2. The Morgan fingerprint density at radius 1 is 1.35 bits per heavy atom. The van der Waals surface area contributed by atoms with E-state index in [0.717, 1.165) is 18.4 Å². The van der Waals surface area contributed by atoms with Crippen LogP contribution < -0.4 is 5.32 Å². The Hall–Kier alpha value is -1.55. The van der Waals surface area contributed by atoms with E-state index in [1.54, 1.807) is 18.2 Å². The molecule has 4 nitrogen and oxygen atoms in total. The highest BCUT2D eigenvalue weighted by Crippen LogP contribution is 2.37. The zero-order chi connectivity index (χ0) is 14.8. The fraction of sp³-hybridized carbons (Fsp3) is 0.467. The summed E-state index contributed by atoms with van der Waals surface area (Å²) in [6, 6.07) is 5.11. The zero-order valence-corrected chi connectivity index (χ0v) is 12.2. The minimum Gasteiger partial charge on any atom is -0.481 e. The van der Waals surface area contributed by atoms with Gasteiger partial charge in [-0.15, -0.1) is 0 Å². The van der Waals surface area contributed by atoms with Crippen molar-refractivity contribution in [2.75, 3.05) is 6.54 Å². The number of halogens is 1. The molecule has 2 N–H and O–H groups in total. The lowest BCUT2D eigenvalue weighted by atomic mass is 9.86. The normalized spacial score (nSPS) is 16.9. The Balaban J connectivity index is 2.08. The van der Waals surface area contributed by atoms with Crippen molar-refractivity contribution in [3.63, 3.8) is 0 Å². The smallest absolute Gasteiger partial charge is 0.311 e. The Kier molecular flexibility index (Phi) is 4.33. The van der Waals surface area contributed by atoms with Gasteiger partial charge in [0.15, 0.2) is 0 Å². The first-order chi connectivity index (χ1) is 9.44. The fourth-order valence-corrected chi connectivity index (χ4v) is 2.87. The Morgan fingerprint density at radius 2 is 2.00 bits per heavy atom. The van der Waals surface area contributed by atoms with E-state index in [9.17, 15) is 14.7 Å². The molecule has 0 unspecified atom stereocenters. The van der Waals surface area contributed by atoms with Gasteiger partial charge in [-0.05, 0) is 37.5 Å². The predicted octanol–water partition coefficient (Wildman–Crippen LogP) is 3.02. The summed E-state index contributed by atoms with van der Waals surface area (Å²) >= 11 is 5.89. The number of hydrogen-bond donors (Lipinski definition) is 2. The lowest BCUT2D eigenvalue weighted by Crippen LogP contribution is -2.41. The second kappa shape index (κ2) is 5.83. The molecule has 0 spiro atoms. The molecule has 0 radical (unpaired) electrons. The standard InChI is InChI=1S/C15H18ClNO3/c1-10-4-5-11(16)8-12(10)13(18)17-9-15(14(19)20)6-2-3-7-15/h4-5,8H,2-3,6-7,9H2,1H3,(H,17,18)(H,19,20). The van der Waals surface area contributed by atoms with Gasteiger partial charge in [0.25, 0.3) is 5.91 Å². The van der Waals surface area contributed by atoms with E-state index < -0.39 is 11.4 Å². The summed E-state index contributed by atoms with van der Waals surface area (Å²) in [7, 11) is 0. The van der Waals surface area contributed by atoms with Crippen LogP contribution in [0, 0.1) is 12.3 Å². The fourth-order valence-electron chi connectivity index (χ4n) is 2.70. The van der Waals surface area contributed by atoms with E-state index in [4.69, 9.17) is 11.6 Å². The highest BCUT2D eigenvalue weighted by Gasteiger charge is 2.41. The highest BCUT2D eigenvalue weighted by molar-refractivity contribution is 6.31. The zero-order valence-electron chi connectivity index (χ0n) is 11.4. The minimum atomic E-state index is -0.821. The second-order valence-corrected chi connectivity index (χ2v) is 5.87. The molecule has 5 heteroatoms. The number of amides is 1. The van der Waals surface area contributed by atoms with E-state index in [1.165, 1.54) is 0 Å². The summed E-state index contributed by atoms with van der Waals surface area (Å²) in [5.41, 5.74) is 0.515. The van der Waals surface area contributed by atoms with Gasteiger partial charge in [0.2, 0.25) is 0 Å². The van der Waals surface area contributed by atoms with Crippen LogP contribution in [-0.2, 0) is 4.79 Å². The molecule has 1 fully saturated rings. The molecule has 1 amide bonds. The molecule has 108 valence electrons. The number of rotatable bonds is 4. The van der Waals surface area contributed by atoms with E-state index in [-0.39, 0.29) is 12.5 Å². The van der Waals surface area contributed by atoms with E-state index in [1.807, 2.05) is 6.92 Å². The van der Waals surface area contributed by atoms with Crippen LogP contribution in [0.3, 0.4) is 0 Å². The third-order valence-electron chi connectivity index (χ3n) is 4.05. The van der Waals surface area contributed by atoms with Crippen molar-refractivity contribution < 1.29 is 14.7 Å². The molecule has 1 saturated carbocycles. The number of carboxylic acid groups (broad SMARTS) is 1. The third kappa shape index (κ3) is 2.96. The predicted molar refractivity (Wildman–Crippen MR) is 77.1 cm³/mol.